The number of hydrogen-bond donors (Lipinski definition) is 5. The fourth-order valence-corrected chi connectivity index (χ4v) is 1.06. The van der Waals surface area contributed by atoms with Crippen LogP contribution in [0.2, 0.25) is 0 Å². The average Bonchev–Trinajstić information content (AvgIpc) is 2.53. The molecule has 0 aromatic rings. The van der Waals surface area contributed by atoms with Gasteiger partial charge in [-0.25, -0.2) is 0 Å². The molecule has 0 radical (unpaired) electrons. The zero-order chi connectivity index (χ0) is 18.7. The smallest absolute Gasteiger partial charge is 0.122 e. The van der Waals surface area contributed by atoms with Crippen LogP contribution < -0.4 is 17.2 Å². The highest BCUT2D eigenvalue weighted by atomic mass is 16.3. The summed E-state index contributed by atoms with van der Waals surface area (Å²) in [5.74, 6) is 0.840. The van der Waals surface area contributed by atoms with Crippen molar-refractivity contribution in [1.82, 2.24) is 16.4 Å². The van der Waals surface area contributed by atoms with Crippen molar-refractivity contribution in [2.75, 3.05) is 32.7 Å². The number of allylic oxidation sites excluding steroid dienone is 2. The van der Waals surface area contributed by atoms with Crippen LogP contribution in [0.15, 0.2) is 23.3 Å². The quantitative estimate of drug-likeness (QED) is 0.333. The molecule has 0 aliphatic rings. The predicted molar refractivity (Wildman–Crippen MR) is 108 cm³/mol. The van der Waals surface area contributed by atoms with Crippen molar-refractivity contribution in [3.8, 4) is 0 Å². The van der Waals surface area contributed by atoms with Crippen LogP contribution in [0.4, 0.5) is 0 Å². The fraction of sp³-hybridized carbons (Fsp3) is 0.778. The molecule has 0 unspecified atom stereocenters. The second-order valence-corrected chi connectivity index (χ2v) is 5.39. The molecule has 6 nitrogen and oxygen atoms in total. The van der Waals surface area contributed by atoms with Gasteiger partial charge in [0.1, 0.15) is 5.76 Å². The molecule has 0 atom stereocenters. The Labute approximate surface area is 150 Å². The molecular formula is C18H44N4O2. The van der Waals surface area contributed by atoms with E-state index in [-0.39, 0.29) is 6.15 Å². The van der Waals surface area contributed by atoms with Crippen molar-refractivity contribution in [3.05, 3.63) is 23.3 Å². The van der Waals surface area contributed by atoms with Crippen LogP contribution in [-0.2, 0) is 0 Å². The monoisotopic (exact) mass is 348 g/mol. The van der Waals surface area contributed by atoms with Gasteiger partial charge in [-0.05, 0) is 66.1 Å². The molecule has 24 heavy (non-hydrogen) atoms. The summed E-state index contributed by atoms with van der Waals surface area (Å²) in [4.78, 5) is 2.07. The first-order chi connectivity index (χ1) is 10.8. The van der Waals surface area contributed by atoms with E-state index in [9.17, 15) is 5.11 Å². The molecule has 0 spiro atoms. The summed E-state index contributed by atoms with van der Waals surface area (Å²) in [6.07, 6.45) is 4.00. The van der Waals surface area contributed by atoms with Crippen molar-refractivity contribution >= 4 is 0 Å². The third-order valence-electron chi connectivity index (χ3n) is 2.89. The first-order valence-electron chi connectivity index (χ1n) is 8.67. The molecule has 0 aliphatic carbocycles. The SMILES string of the molecule is CC(C)=C(C)O.CCCN.CCCNCC(O)=CN(CC)CC.N. The summed E-state index contributed by atoms with van der Waals surface area (Å²) >= 11 is 0. The normalized spacial score (nSPS) is 9.58. The van der Waals surface area contributed by atoms with Crippen LogP contribution in [0.5, 0.6) is 0 Å². The van der Waals surface area contributed by atoms with Crippen molar-refractivity contribution in [3.63, 3.8) is 0 Å². The van der Waals surface area contributed by atoms with Crippen LogP contribution in [-0.4, -0.2) is 47.8 Å². The second-order valence-electron chi connectivity index (χ2n) is 5.39. The lowest BCUT2D eigenvalue weighted by Gasteiger charge is -2.15. The highest BCUT2D eigenvalue weighted by Gasteiger charge is 1.96. The van der Waals surface area contributed by atoms with E-state index in [1.165, 1.54) is 0 Å². The molecule has 0 aliphatic heterocycles. The number of nitrogens with one attached hydrogen (secondary N) is 1. The first-order valence-corrected chi connectivity index (χ1v) is 8.67. The Morgan fingerprint density at radius 2 is 1.42 bits per heavy atom. The van der Waals surface area contributed by atoms with E-state index in [0.717, 1.165) is 44.6 Å². The van der Waals surface area contributed by atoms with E-state index in [0.29, 0.717) is 18.1 Å². The summed E-state index contributed by atoms with van der Waals surface area (Å²) in [5.41, 5.74) is 6.01. The Kier molecular flexibility index (Phi) is 30.6. The summed E-state index contributed by atoms with van der Waals surface area (Å²) in [7, 11) is 0. The van der Waals surface area contributed by atoms with Crippen LogP contribution in [0, 0.1) is 0 Å². The molecule has 8 N–H and O–H groups in total. The summed E-state index contributed by atoms with van der Waals surface area (Å²) in [5, 5.41) is 21.1. The lowest BCUT2D eigenvalue weighted by molar-refractivity contribution is 0.343. The molecule has 0 heterocycles. The lowest BCUT2D eigenvalue weighted by atomic mass is 10.3. The number of aliphatic hydroxyl groups excluding tert-OH is 2. The van der Waals surface area contributed by atoms with E-state index in [1.807, 2.05) is 20.0 Å². The van der Waals surface area contributed by atoms with E-state index in [1.54, 1.807) is 6.92 Å². The van der Waals surface area contributed by atoms with E-state index in [4.69, 9.17) is 10.8 Å². The van der Waals surface area contributed by atoms with Gasteiger partial charge in [-0.2, -0.15) is 0 Å². The number of rotatable bonds is 8. The number of aliphatic hydroxyl groups is 2. The van der Waals surface area contributed by atoms with E-state index in [2.05, 4.69) is 37.9 Å². The molecule has 0 aromatic heterocycles. The van der Waals surface area contributed by atoms with Crippen molar-refractivity contribution in [2.45, 2.75) is 61.3 Å². The molecule has 0 aromatic carbocycles. The number of nitrogens with zero attached hydrogens (tertiary/aromatic N) is 1. The summed E-state index contributed by atoms with van der Waals surface area (Å²) in [6, 6.07) is 0. The Hall–Kier alpha value is -1.24. The zero-order valence-electron chi connectivity index (χ0n) is 17.2. The van der Waals surface area contributed by atoms with Crippen LogP contribution >= 0.6 is 0 Å². The minimum absolute atomic E-state index is 0. The Bertz CT molecular complexity index is 281. The molecule has 0 rings (SSSR count). The van der Waals surface area contributed by atoms with E-state index < -0.39 is 0 Å². The van der Waals surface area contributed by atoms with Gasteiger partial charge in [-0.3, -0.25) is 0 Å². The van der Waals surface area contributed by atoms with Gasteiger partial charge in [0.2, 0.25) is 0 Å². The van der Waals surface area contributed by atoms with Gasteiger partial charge in [-0.1, -0.05) is 13.8 Å². The van der Waals surface area contributed by atoms with Crippen LogP contribution in [0.1, 0.15) is 61.3 Å². The molecule has 148 valence electrons. The van der Waals surface area contributed by atoms with Gasteiger partial charge in [0.15, 0.2) is 0 Å². The molecule has 0 amide bonds. The average molecular weight is 349 g/mol. The largest absolute Gasteiger partial charge is 0.513 e. The molecule has 6 heteroatoms. The van der Waals surface area contributed by atoms with Gasteiger partial charge in [0.25, 0.3) is 0 Å². The highest BCUT2D eigenvalue weighted by molar-refractivity contribution is 4.96. The number of hydrogen-bond acceptors (Lipinski definition) is 6. The maximum absolute atomic E-state index is 9.47. The van der Waals surface area contributed by atoms with Gasteiger partial charge < -0.3 is 32.3 Å². The van der Waals surface area contributed by atoms with Crippen LogP contribution in [0.25, 0.3) is 0 Å². The van der Waals surface area contributed by atoms with Gasteiger partial charge in [0.05, 0.1) is 12.3 Å². The van der Waals surface area contributed by atoms with Gasteiger partial charge >= 0.3 is 0 Å². The predicted octanol–water partition coefficient (Wildman–Crippen LogP) is 4.10. The Morgan fingerprint density at radius 1 is 1.00 bits per heavy atom. The maximum atomic E-state index is 9.47. The minimum atomic E-state index is 0. The Balaban J connectivity index is -0.000000152. The minimum Gasteiger partial charge on any atom is -0.513 e. The maximum Gasteiger partial charge on any atom is 0.122 e. The molecule has 0 saturated heterocycles. The molecule has 0 saturated carbocycles. The van der Waals surface area contributed by atoms with Crippen molar-refractivity contribution in [2.24, 2.45) is 5.73 Å². The van der Waals surface area contributed by atoms with Crippen molar-refractivity contribution in [1.29, 1.82) is 0 Å². The molecule has 0 fully saturated rings. The third kappa shape index (κ3) is 28.9. The van der Waals surface area contributed by atoms with Crippen LogP contribution in [0.3, 0.4) is 0 Å². The van der Waals surface area contributed by atoms with E-state index >= 15 is 0 Å². The standard InChI is InChI=1S/C10H22N2O.C5H10O.C3H9N.H3N/c1-4-7-11-8-10(13)9-12(5-2)6-3;1-4(2)5(3)6;1-2-3-4;/h9,11,13H,4-8H2,1-3H3;6H,1-3H3;2-4H2,1H3;1H3. The second kappa shape index (κ2) is 24.0. The lowest BCUT2D eigenvalue weighted by Crippen LogP contribution is -2.21. The third-order valence-corrected chi connectivity index (χ3v) is 2.89. The summed E-state index contributed by atoms with van der Waals surface area (Å²) < 4.78 is 0. The fourth-order valence-electron chi connectivity index (χ4n) is 1.06. The first kappa shape index (κ1) is 30.6. The highest BCUT2D eigenvalue weighted by Crippen LogP contribution is 1.94. The topological polar surface area (TPSA) is 117 Å². The molecule has 0 bridgehead atoms. The van der Waals surface area contributed by atoms with Gasteiger partial charge in [-0.15, -0.1) is 0 Å². The Morgan fingerprint density at radius 3 is 1.67 bits per heavy atom. The summed E-state index contributed by atoms with van der Waals surface area (Å²) in [6.45, 7) is 18.0. The van der Waals surface area contributed by atoms with Crippen molar-refractivity contribution < 1.29 is 10.2 Å². The van der Waals surface area contributed by atoms with Gasteiger partial charge in [0, 0.05) is 19.3 Å². The zero-order valence-corrected chi connectivity index (χ0v) is 17.2. The molecular weight excluding hydrogens is 304 g/mol. The number of nitrogens with two attached hydrogens (primary N) is 1.